The van der Waals surface area contributed by atoms with Gasteiger partial charge in [-0.1, -0.05) is 17.7 Å². The first-order chi connectivity index (χ1) is 11.2. The van der Waals surface area contributed by atoms with Crippen LogP contribution < -0.4 is 5.56 Å². The van der Waals surface area contributed by atoms with Crippen molar-refractivity contribution in [1.29, 1.82) is 0 Å². The molecule has 4 heterocycles. The highest BCUT2D eigenvalue weighted by molar-refractivity contribution is 7.13. The lowest BCUT2D eigenvalue weighted by Gasteiger charge is -2.10. The molecule has 0 saturated heterocycles. The summed E-state index contributed by atoms with van der Waals surface area (Å²) in [5, 5.41) is 2.63. The van der Waals surface area contributed by atoms with E-state index in [0.717, 1.165) is 0 Å². The molecule has 4 rings (SSSR count). The summed E-state index contributed by atoms with van der Waals surface area (Å²) in [4.78, 5) is 30.0. The van der Waals surface area contributed by atoms with Crippen LogP contribution in [-0.4, -0.2) is 24.5 Å². The van der Waals surface area contributed by atoms with Gasteiger partial charge in [-0.05, 0) is 24.3 Å². The average molecular weight is 342 g/mol. The van der Waals surface area contributed by atoms with Crippen molar-refractivity contribution >= 4 is 34.1 Å². The Morgan fingerprint density at radius 2 is 1.96 bits per heavy atom. The van der Waals surface area contributed by atoms with Gasteiger partial charge in [0.25, 0.3) is 5.56 Å². The number of fused-ring (bicyclic) bond motifs is 1. The van der Waals surface area contributed by atoms with Crippen molar-refractivity contribution < 1.29 is 0 Å². The first kappa shape index (κ1) is 14.0. The maximum absolute atomic E-state index is 12.9. The van der Waals surface area contributed by atoms with E-state index >= 15 is 0 Å². The third-order valence-electron chi connectivity index (χ3n) is 3.18. The topological polar surface area (TPSA) is 73.6 Å². The molecular formula is C15H8ClN5OS. The minimum absolute atomic E-state index is 0.266. The molecule has 0 aromatic carbocycles. The minimum atomic E-state index is -0.332. The molecule has 0 aliphatic carbocycles. The maximum Gasteiger partial charge on any atom is 0.287 e. The molecule has 0 spiro atoms. The highest BCUT2D eigenvalue weighted by Crippen LogP contribution is 2.21. The van der Waals surface area contributed by atoms with Crippen LogP contribution in [0.5, 0.6) is 0 Å². The summed E-state index contributed by atoms with van der Waals surface area (Å²) >= 11 is 7.34. The van der Waals surface area contributed by atoms with Crippen molar-refractivity contribution in [3.05, 3.63) is 63.6 Å². The number of thiazole rings is 1. The normalized spacial score (nSPS) is 11.0. The Kier molecular flexibility index (Phi) is 3.36. The van der Waals surface area contributed by atoms with Gasteiger partial charge in [-0.15, -0.1) is 11.3 Å². The zero-order valence-electron chi connectivity index (χ0n) is 11.5. The van der Waals surface area contributed by atoms with Crippen LogP contribution in [0.15, 0.2) is 52.9 Å². The molecule has 112 valence electrons. The van der Waals surface area contributed by atoms with E-state index in [4.69, 9.17) is 11.6 Å². The van der Waals surface area contributed by atoms with Gasteiger partial charge in [-0.2, -0.15) is 0 Å². The number of hydrogen-bond donors (Lipinski definition) is 0. The monoisotopic (exact) mass is 341 g/mol. The molecule has 0 fully saturated rings. The van der Waals surface area contributed by atoms with Crippen LogP contribution in [0.1, 0.15) is 0 Å². The highest BCUT2D eigenvalue weighted by atomic mass is 35.5. The molecule has 0 aliphatic rings. The maximum atomic E-state index is 12.9. The fourth-order valence-corrected chi connectivity index (χ4v) is 2.98. The SMILES string of the molecule is O=c1c(-c2nccs2)nc2ccc(Cl)nc2n1-c1ccccn1. The van der Waals surface area contributed by atoms with Crippen molar-refractivity contribution in [1.82, 2.24) is 24.5 Å². The Morgan fingerprint density at radius 3 is 2.70 bits per heavy atom. The fourth-order valence-electron chi connectivity index (χ4n) is 2.22. The van der Waals surface area contributed by atoms with Gasteiger partial charge in [-0.3, -0.25) is 4.79 Å². The van der Waals surface area contributed by atoms with Gasteiger partial charge in [-0.25, -0.2) is 24.5 Å². The van der Waals surface area contributed by atoms with Gasteiger partial charge in [0.2, 0.25) is 0 Å². The second kappa shape index (κ2) is 5.53. The molecular weight excluding hydrogens is 334 g/mol. The predicted octanol–water partition coefficient (Wildman–Crippen LogP) is 2.95. The number of pyridine rings is 2. The molecule has 8 heteroatoms. The third kappa shape index (κ3) is 2.39. The summed E-state index contributed by atoms with van der Waals surface area (Å²) in [5.74, 6) is 0.456. The summed E-state index contributed by atoms with van der Waals surface area (Å²) in [6.07, 6.45) is 3.25. The van der Waals surface area contributed by atoms with Gasteiger partial charge >= 0.3 is 0 Å². The molecule has 4 aromatic rings. The van der Waals surface area contributed by atoms with Gasteiger partial charge in [0.1, 0.15) is 21.5 Å². The van der Waals surface area contributed by atoms with E-state index in [1.54, 1.807) is 48.1 Å². The Balaban J connectivity index is 2.15. The first-order valence-corrected chi connectivity index (χ1v) is 7.90. The summed E-state index contributed by atoms with van der Waals surface area (Å²) in [7, 11) is 0. The van der Waals surface area contributed by atoms with E-state index in [1.807, 2.05) is 0 Å². The average Bonchev–Trinajstić information content (AvgIpc) is 3.09. The Morgan fingerprint density at radius 1 is 1.04 bits per heavy atom. The number of halogens is 1. The fraction of sp³-hybridized carbons (Fsp3) is 0. The highest BCUT2D eigenvalue weighted by Gasteiger charge is 2.17. The van der Waals surface area contributed by atoms with Crippen molar-refractivity contribution in [2.45, 2.75) is 0 Å². The molecule has 0 radical (unpaired) electrons. The first-order valence-electron chi connectivity index (χ1n) is 6.64. The van der Waals surface area contributed by atoms with Crippen molar-refractivity contribution in [3.8, 4) is 16.5 Å². The molecule has 0 aliphatic heterocycles. The van der Waals surface area contributed by atoms with Crippen molar-refractivity contribution in [3.63, 3.8) is 0 Å². The van der Waals surface area contributed by atoms with E-state index in [9.17, 15) is 4.79 Å². The molecule has 0 saturated carbocycles. The second-order valence-corrected chi connectivity index (χ2v) is 5.88. The number of aromatic nitrogens is 5. The summed E-state index contributed by atoms with van der Waals surface area (Å²) in [5.41, 5.74) is 0.842. The largest absolute Gasteiger partial charge is 0.287 e. The van der Waals surface area contributed by atoms with Gasteiger partial charge in [0.15, 0.2) is 11.3 Å². The van der Waals surface area contributed by atoms with E-state index in [0.29, 0.717) is 22.0 Å². The van der Waals surface area contributed by atoms with Crippen molar-refractivity contribution in [2.75, 3.05) is 0 Å². The van der Waals surface area contributed by atoms with Crippen LogP contribution in [0.25, 0.3) is 27.7 Å². The van der Waals surface area contributed by atoms with E-state index in [1.165, 1.54) is 15.9 Å². The molecule has 0 atom stereocenters. The van der Waals surface area contributed by atoms with Crippen LogP contribution in [0.4, 0.5) is 0 Å². The predicted molar refractivity (Wildman–Crippen MR) is 89.0 cm³/mol. The smallest absolute Gasteiger partial charge is 0.266 e. The van der Waals surface area contributed by atoms with Gasteiger partial charge in [0, 0.05) is 17.8 Å². The van der Waals surface area contributed by atoms with E-state index in [-0.39, 0.29) is 16.4 Å². The lowest BCUT2D eigenvalue weighted by atomic mass is 10.3. The lowest BCUT2D eigenvalue weighted by Crippen LogP contribution is -2.23. The minimum Gasteiger partial charge on any atom is -0.266 e. The zero-order chi connectivity index (χ0) is 15.8. The summed E-state index contributed by atoms with van der Waals surface area (Å²) in [6, 6.07) is 8.67. The molecule has 23 heavy (non-hydrogen) atoms. The summed E-state index contributed by atoms with van der Waals surface area (Å²) in [6.45, 7) is 0. The van der Waals surface area contributed by atoms with E-state index in [2.05, 4.69) is 19.9 Å². The van der Waals surface area contributed by atoms with Gasteiger partial charge in [0.05, 0.1) is 0 Å². The zero-order valence-corrected chi connectivity index (χ0v) is 13.1. The molecule has 0 unspecified atom stereocenters. The molecule has 0 amide bonds. The molecule has 6 nitrogen and oxygen atoms in total. The molecule has 0 N–H and O–H groups in total. The number of nitrogens with zero attached hydrogens (tertiary/aromatic N) is 5. The van der Waals surface area contributed by atoms with Crippen LogP contribution in [0, 0.1) is 0 Å². The van der Waals surface area contributed by atoms with Crippen LogP contribution in [0.2, 0.25) is 5.15 Å². The Labute approximate surface area is 139 Å². The lowest BCUT2D eigenvalue weighted by molar-refractivity contribution is 0.949. The molecule has 4 aromatic heterocycles. The summed E-state index contributed by atoms with van der Waals surface area (Å²) < 4.78 is 1.41. The second-order valence-electron chi connectivity index (χ2n) is 4.60. The van der Waals surface area contributed by atoms with Crippen LogP contribution >= 0.6 is 22.9 Å². The van der Waals surface area contributed by atoms with E-state index < -0.39 is 0 Å². The number of rotatable bonds is 2. The standard InChI is InChI=1S/C15H8ClN5OS/c16-10-5-4-9-13(20-10)21(11-3-1-2-6-17-11)15(22)12(19-9)14-18-7-8-23-14/h1-8H. The quantitative estimate of drug-likeness (QED) is 0.524. The Bertz CT molecular complexity index is 1050. The Hall–Kier alpha value is -2.64. The third-order valence-corrected chi connectivity index (χ3v) is 4.17. The van der Waals surface area contributed by atoms with Gasteiger partial charge < -0.3 is 0 Å². The number of hydrogen-bond acceptors (Lipinski definition) is 6. The molecule has 0 bridgehead atoms. The van der Waals surface area contributed by atoms with Crippen molar-refractivity contribution in [2.24, 2.45) is 0 Å². The van der Waals surface area contributed by atoms with Crippen LogP contribution in [0.3, 0.4) is 0 Å². The van der Waals surface area contributed by atoms with Crippen LogP contribution in [-0.2, 0) is 0 Å².